The summed E-state index contributed by atoms with van der Waals surface area (Å²) in [4.78, 5) is 14.1. The number of carbonyl (C=O) groups is 1. The van der Waals surface area contributed by atoms with Crippen molar-refractivity contribution in [3.8, 4) is 12.3 Å². The first-order valence-corrected chi connectivity index (χ1v) is 8.08. The van der Waals surface area contributed by atoms with E-state index in [1.54, 1.807) is 0 Å². The van der Waals surface area contributed by atoms with Gasteiger partial charge in [-0.15, -0.1) is 12.3 Å². The number of rotatable bonds is 6. The third kappa shape index (κ3) is 7.38. The first-order valence-electron chi connectivity index (χ1n) is 8.08. The number of terminal acetylenes is 1. The molecule has 1 fully saturated rings. The maximum Gasteiger partial charge on any atom is 0.410 e. The maximum absolute atomic E-state index is 12.3. The normalized spacial score (nSPS) is 19.1. The number of unbranched alkanes of at least 4 members (excludes halogenated alkanes) is 2. The number of hydrogen-bond donors (Lipinski definition) is 1. The molecule has 0 radical (unpaired) electrons. The Morgan fingerprint density at radius 2 is 2.14 bits per heavy atom. The number of likely N-dealkylation sites (tertiary alicyclic amines) is 1. The van der Waals surface area contributed by atoms with Crippen molar-refractivity contribution in [3.05, 3.63) is 0 Å². The zero-order valence-electron chi connectivity index (χ0n) is 13.8. The summed E-state index contributed by atoms with van der Waals surface area (Å²) in [5.74, 6) is 2.65. The minimum absolute atomic E-state index is 0.179. The average molecular weight is 294 g/mol. The van der Waals surface area contributed by atoms with Gasteiger partial charge in [0, 0.05) is 25.6 Å². The van der Waals surface area contributed by atoms with Crippen molar-refractivity contribution >= 4 is 6.09 Å². The van der Waals surface area contributed by atoms with E-state index in [1.165, 1.54) is 6.42 Å². The van der Waals surface area contributed by atoms with Gasteiger partial charge in [-0.2, -0.15) is 0 Å². The minimum Gasteiger partial charge on any atom is -0.444 e. The Kier molecular flexibility index (Phi) is 7.60. The van der Waals surface area contributed by atoms with Gasteiger partial charge in [-0.1, -0.05) is 0 Å². The molecule has 0 aliphatic carbocycles. The van der Waals surface area contributed by atoms with Crippen LogP contribution in [0.2, 0.25) is 0 Å². The molecular weight excluding hydrogens is 264 g/mol. The van der Waals surface area contributed by atoms with Crippen molar-refractivity contribution in [3.63, 3.8) is 0 Å². The van der Waals surface area contributed by atoms with E-state index in [-0.39, 0.29) is 12.1 Å². The van der Waals surface area contributed by atoms with Gasteiger partial charge in [-0.05, 0) is 59.4 Å². The molecule has 0 bridgehead atoms. The largest absolute Gasteiger partial charge is 0.444 e. The summed E-state index contributed by atoms with van der Waals surface area (Å²) in [5, 5.41) is 3.44. The summed E-state index contributed by atoms with van der Waals surface area (Å²) in [7, 11) is 0. The summed E-state index contributed by atoms with van der Waals surface area (Å²) in [6.45, 7) is 8.34. The van der Waals surface area contributed by atoms with Crippen LogP contribution in [0.25, 0.3) is 0 Å². The third-order valence-corrected chi connectivity index (χ3v) is 3.56. The molecule has 1 aliphatic heterocycles. The number of amides is 1. The number of nitrogens with zero attached hydrogens (tertiary/aromatic N) is 1. The van der Waals surface area contributed by atoms with Crippen molar-refractivity contribution in [1.82, 2.24) is 10.2 Å². The van der Waals surface area contributed by atoms with Crippen molar-refractivity contribution in [2.75, 3.05) is 19.6 Å². The Bertz CT molecular complexity index is 355. The maximum atomic E-state index is 12.3. The summed E-state index contributed by atoms with van der Waals surface area (Å²) in [6, 6.07) is 0.251. The summed E-state index contributed by atoms with van der Waals surface area (Å²) in [6.07, 6.45) is 11.3. The lowest BCUT2D eigenvalue weighted by atomic mass is 10.0. The van der Waals surface area contributed by atoms with Gasteiger partial charge in [0.2, 0.25) is 0 Å². The van der Waals surface area contributed by atoms with Crippen LogP contribution in [-0.2, 0) is 4.74 Å². The van der Waals surface area contributed by atoms with Crippen molar-refractivity contribution in [1.29, 1.82) is 0 Å². The molecule has 1 unspecified atom stereocenters. The topological polar surface area (TPSA) is 41.6 Å². The predicted octanol–water partition coefficient (Wildman–Crippen LogP) is 3.17. The highest BCUT2D eigenvalue weighted by Crippen LogP contribution is 2.20. The van der Waals surface area contributed by atoms with Crippen LogP contribution >= 0.6 is 0 Å². The monoisotopic (exact) mass is 294 g/mol. The molecule has 0 aromatic heterocycles. The smallest absolute Gasteiger partial charge is 0.410 e. The van der Waals surface area contributed by atoms with Gasteiger partial charge in [0.25, 0.3) is 0 Å². The second-order valence-electron chi connectivity index (χ2n) is 6.69. The van der Waals surface area contributed by atoms with E-state index in [2.05, 4.69) is 11.2 Å². The standard InChI is InChI=1S/C17H30N2O2/c1-5-6-7-9-12-18-14-15-11-8-10-13-19(15)16(20)21-17(2,3)4/h1,15,18H,6-14H2,2-4H3. The van der Waals surface area contributed by atoms with Crippen LogP contribution in [0, 0.1) is 12.3 Å². The van der Waals surface area contributed by atoms with Gasteiger partial charge >= 0.3 is 6.09 Å². The molecule has 0 aromatic rings. The molecule has 1 rings (SSSR count). The number of ether oxygens (including phenoxy) is 1. The number of carbonyl (C=O) groups excluding carboxylic acids is 1. The van der Waals surface area contributed by atoms with Crippen molar-refractivity contribution in [2.45, 2.75) is 70.9 Å². The predicted molar refractivity (Wildman–Crippen MR) is 86.1 cm³/mol. The van der Waals surface area contributed by atoms with Crippen LogP contribution in [0.4, 0.5) is 4.79 Å². The first-order chi connectivity index (χ1) is 9.94. The van der Waals surface area contributed by atoms with Gasteiger partial charge in [-0.25, -0.2) is 4.79 Å². The summed E-state index contributed by atoms with van der Waals surface area (Å²) >= 11 is 0. The first kappa shape index (κ1) is 17.8. The van der Waals surface area contributed by atoms with Crippen LogP contribution in [0.3, 0.4) is 0 Å². The Balaban J connectivity index is 2.35. The van der Waals surface area contributed by atoms with Gasteiger partial charge in [0.15, 0.2) is 0 Å². The molecule has 0 spiro atoms. The zero-order chi connectivity index (χ0) is 15.7. The van der Waals surface area contributed by atoms with Gasteiger partial charge in [-0.3, -0.25) is 0 Å². The molecule has 1 N–H and O–H groups in total. The van der Waals surface area contributed by atoms with E-state index in [1.807, 2.05) is 25.7 Å². The molecule has 0 saturated carbocycles. The minimum atomic E-state index is -0.429. The van der Waals surface area contributed by atoms with E-state index in [4.69, 9.17) is 11.2 Å². The van der Waals surface area contributed by atoms with Crippen LogP contribution in [0.15, 0.2) is 0 Å². The van der Waals surface area contributed by atoms with Crippen molar-refractivity contribution in [2.24, 2.45) is 0 Å². The molecule has 0 aromatic carbocycles. The number of nitrogens with one attached hydrogen (secondary N) is 1. The summed E-state index contributed by atoms with van der Waals surface area (Å²) < 4.78 is 5.50. The van der Waals surface area contributed by atoms with E-state index in [0.717, 1.165) is 51.7 Å². The Morgan fingerprint density at radius 3 is 2.81 bits per heavy atom. The van der Waals surface area contributed by atoms with Crippen LogP contribution in [-0.4, -0.2) is 42.3 Å². The lowest BCUT2D eigenvalue weighted by Gasteiger charge is -2.37. The molecule has 1 amide bonds. The van der Waals surface area contributed by atoms with Crippen molar-refractivity contribution < 1.29 is 9.53 Å². The van der Waals surface area contributed by atoms with Gasteiger partial charge < -0.3 is 15.0 Å². The molecule has 1 saturated heterocycles. The quantitative estimate of drug-likeness (QED) is 0.604. The van der Waals surface area contributed by atoms with E-state index >= 15 is 0 Å². The Morgan fingerprint density at radius 1 is 1.38 bits per heavy atom. The Hall–Kier alpha value is -1.21. The average Bonchev–Trinajstić information content (AvgIpc) is 2.41. The lowest BCUT2D eigenvalue weighted by Crippen LogP contribution is -2.50. The van der Waals surface area contributed by atoms with E-state index in [9.17, 15) is 4.79 Å². The number of hydrogen-bond acceptors (Lipinski definition) is 3. The zero-order valence-corrected chi connectivity index (χ0v) is 13.8. The van der Waals surface area contributed by atoms with Crippen LogP contribution in [0.5, 0.6) is 0 Å². The molecule has 1 heterocycles. The highest BCUT2D eigenvalue weighted by molar-refractivity contribution is 5.68. The fraction of sp³-hybridized carbons (Fsp3) is 0.824. The molecule has 120 valence electrons. The van der Waals surface area contributed by atoms with E-state index < -0.39 is 5.60 Å². The highest BCUT2D eigenvalue weighted by Gasteiger charge is 2.29. The molecule has 4 nitrogen and oxygen atoms in total. The fourth-order valence-corrected chi connectivity index (χ4v) is 2.52. The van der Waals surface area contributed by atoms with Gasteiger partial charge in [0.1, 0.15) is 5.60 Å². The van der Waals surface area contributed by atoms with Crippen LogP contribution < -0.4 is 5.32 Å². The lowest BCUT2D eigenvalue weighted by molar-refractivity contribution is 0.00998. The van der Waals surface area contributed by atoms with Gasteiger partial charge in [0.05, 0.1) is 0 Å². The second kappa shape index (κ2) is 8.94. The third-order valence-electron chi connectivity index (χ3n) is 3.56. The fourth-order valence-electron chi connectivity index (χ4n) is 2.52. The number of piperidine rings is 1. The summed E-state index contributed by atoms with van der Waals surface area (Å²) in [5.41, 5.74) is -0.429. The molecule has 4 heteroatoms. The Labute approximate surface area is 129 Å². The molecule has 21 heavy (non-hydrogen) atoms. The van der Waals surface area contributed by atoms with Crippen LogP contribution in [0.1, 0.15) is 59.3 Å². The second-order valence-corrected chi connectivity index (χ2v) is 6.69. The molecule has 1 atom stereocenters. The molecular formula is C17H30N2O2. The molecule has 1 aliphatic rings. The SMILES string of the molecule is C#CCCCCNCC1CCCCN1C(=O)OC(C)(C)C. The van der Waals surface area contributed by atoms with E-state index in [0.29, 0.717) is 0 Å². The highest BCUT2D eigenvalue weighted by atomic mass is 16.6.